The highest BCUT2D eigenvalue weighted by Gasteiger charge is 2.38. The predicted molar refractivity (Wildman–Crippen MR) is 156 cm³/mol. The number of likely N-dealkylation sites (N-methyl/N-ethyl adjacent to an activating group) is 1. The van der Waals surface area contributed by atoms with E-state index in [-0.39, 0.29) is 23.1 Å². The minimum Gasteiger partial charge on any atom is -0.554 e. The third-order valence-electron chi connectivity index (χ3n) is 7.05. The van der Waals surface area contributed by atoms with Crippen LogP contribution in [0.1, 0.15) is 21.6 Å². The van der Waals surface area contributed by atoms with E-state index in [0.717, 1.165) is 10.2 Å². The lowest BCUT2D eigenvalue weighted by Crippen LogP contribution is -2.54. The van der Waals surface area contributed by atoms with Crippen LogP contribution in [0.15, 0.2) is 43.0 Å². The maximum Gasteiger partial charge on any atom is 0.435 e. The van der Waals surface area contributed by atoms with Gasteiger partial charge in [-0.3, -0.25) is 18.7 Å². The van der Waals surface area contributed by atoms with E-state index in [1.807, 2.05) is 34.1 Å². The molecule has 1 aliphatic rings. The number of aromatic nitrogens is 5. The van der Waals surface area contributed by atoms with E-state index >= 15 is 0 Å². The molecule has 1 aliphatic heterocycles. The van der Waals surface area contributed by atoms with E-state index in [2.05, 4.69) is 20.4 Å². The van der Waals surface area contributed by atoms with Crippen molar-refractivity contribution in [2.24, 2.45) is 7.05 Å². The number of nitrogens with one attached hydrogen (secondary N) is 1. The van der Waals surface area contributed by atoms with E-state index in [4.69, 9.17) is 9.90 Å². The topological polar surface area (TPSA) is 141 Å². The summed E-state index contributed by atoms with van der Waals surface area (Å²) >= 11 is 0. The maximum absolute atomic E-state index is 13.6. The van der Waals surface area contributed by atoms with Gasteiger partial charge in [0.1, 0.15) is 0 Å². The molecule has 4 heterocycles. The first-order valence-corrected chi connectivity index (χ1v) is 13.9. The molecule has 16 heteroatoms. The number of hydrogen-bond acceptors (Lipinski definition) is 8. The minimum atomic E-state index is -4.62. The lowest BCUT2D eigenvalue weighted by molar-refractivity contribution is -0.862. The summed E-state index contributed by atoms with van der Waals surface area (Å²) in [7, 11) is 7.34. The van der Waals surface area contributed by atoms with E-state index in [9.17, 15) is 22.8 Å². The number of nitrogens with zero attached hydrogens (tertiary/aromatic N) is 8. The summed E-state index contributed by atoms with van der Waals surface area (Å²) in [5.41, 5.74) is 1.42. The average Bonchev–Trinajstić information content (AvgIpc) is 3.56. The Morgan fingerprint density at radius 1 is 1.09 bits per heavy atom. The molecule has 1 N–H and O–H groups in total. The highest BCUT2D eigenvalue weighted by Crippen LogP contribution is 2.36. The van der Waals surface area contributed by atoms with Crippen LogP contribution in [0.5, 0.6) is 0 Å². The number of amides is 2. The van der Waals surface area contributed by atoms with Crippen molar-refractivity contribution in [2.75, 3.05) is 59.2 Å². The molecule has 1 fully saturated rings. The van der Waals surface area contributed by atoms with Crippen LogP contribution in [-0.4, -0.2) is 111 Å². The van der Waals surface area contributed by atoms with Crippen molar-refractivity contribution in [3.8, 4) is 11.3 Å². The molecular formula is C29H34F3N9O4. The Morgan fingerprint density at radius 2 is 1.73 bits per heavy atom. The van der Waals surface area contributed by atoms with Gasteiger partial charge in [0.2, 0.25) is 0 Å². The number of piperazine rings is 1. The molecule has 4 aromatic rings. The van der Waals surface area contributed by atoms with Gasteiger partial charge in [0.05, 0.1) is 38.6 Å². The molecule has 1 saturated heterocycles. The van der Waals surface area contributed by atoms with Gasteiger partial charge in [0.15, 0.2) is 23.7 Å². The molecule has 13 nitrogen and oxygen atoms in total. The van der Waals surface area contributed by atoms with E-state index in [1.54, 1.807) is 28.1 Å². The van der Waals surface area contributed by atoms with Crippen LogP contribution >= 0.6 is 0 Å². The lowest BCUT2D eigenvalue weighted by atomic mass is 10.1. The number of carbonyl (C=O) groups is 3. The Balaban J connectivity index is 0.00000148. The average molecular weight is 630 g/mol. The number of alkyl halides is 3. The molecule has 0 aliphatic carbocycles. The second-order valence-electron chi connectivity index (χ2n) is 11.5. The summed E-state index contributed by atoms with van der Waals surface area (Å²) in [6.07, 6.45) is 1.05. The van der Waals surface area contributed by atoms with Gasteiger partial charge in [-0.2, -0.15) is 18.3 Å². The number of hydrogen-bond donors (Lipinski definition) is 1. The molecule has 0 saturated carbocycles. The molecule has 3 aromatic heterocycles. The Hall–Kier alpha value is -4.99. The summed E-state index contributed by atoms with van der Waals surface area (Å²) in [6, 6.07) is 5.29. The van der Waals surface area contributed by atoms with Crippen LogP contribution in [0, 0.1) is 6.92 Å². The normalized spacial score (nSPS) is 13.8. The molecule has 0 bridgehead atoms. The molecule has 0 radical (unpaired) electrons. The Bertz CT molecular complexity index is 1700. The first-order valence-electron chi connectivity index (χ1n) is 13.9. The SMILES string of the molecule is Cc1cc(Nc2nccn3c(-c4cn(C)nc4C(F)(F)F)cnc23)ccc1C(=O)N1CCN(C(=O)C[N+](C)(C)C)CC1.O=C[O-]. The quantitative estimate of drug-likeness (QED) is 0.250. The van der Waals surface area contributed by atoms with Gasteiger partial charge in [0.25, 0.3) is 11.8 Å². The van der Waals surface area contributed by atoms with Gasteiger partial charge in [-0.15, -0.1) is 0 Å². The molecule has 0 atom stereocenters. The van der Waals surface area contributed by atoms with Gasteiger partial charge in [-0.05, 0) is 30.7 Å². The van der Waals surface area contributed by atoms with Gasteiger partial charge < -0.3 is 29.5 Å². The van der Waals surface area contributed by atoms with Gasteiger partial charge in [-0.1, -0.05) is 0 Å². The highest BCUT2D eigenvalue weighted by atomic mass is 19.4. The van der Waals surface area contributed by atoms with E-state index < -0.39 is 18.3 Å². The fraction of sp³-hybridized carbons (Fsp3) is 0.379. The standard InChI is InChI=1S/C28H32F3N9O2.CH2O2/c1-18-14-19(6-7-20(18)27(42)38-12-10-37(11-13-38)23(41)17-40(3,4)5)34-25-26-33-15-22(39(26)9-8-32-25)21-16-36(2)35-24(21)28(29,30)31;2-1-3/h6-9,14-16H,10-13,17H2,1-5H3;1H,(H,2,3). The number of carbonyl (C=O) groups excluding carboxylic acids is 3. The smallest absolute Gasteiger partial charge is 0.435 e. The van der Waals surface area contributed by atoms with Gasteiger partial charge >= 0.3 is 6.18 Å². The summed E-state index contributed by atoms with van der Waals surface area (Å²) in [5.74, 6) is 0.317. The molecule has 2 amide bonds. The van der Waals surface area contributed by atoms with Crippen molar-refractivity contribution < 1.29 is 37.1 Å². The Kier molecular flexibility index (Phi) is 9.46. The first kappa shape index (κ1) is 32.9. The van der Waals surface area contributed by atoms with Crippen LogP contribution in [0.4, 0.5) is 24.7 Å². The van der Waals surface area contributed by atoms with Crippen molar-refractivity contribution >= 4 is 35.4 Å². The molecule has 5 rings (SSSR count). The first-order chi connectivity index (χ1) is 21.1. The van der Waals surface area contributed by atoms with Crippen LogP contribution in [-0.2, 0) is 22.8 Å². The molecular weight excluding hydrogens is 595 g/mol. The third kappa shape index (κ3) is 7.57. The zero-order valence-corrected chi connectivity index (χ0v) is 25.5. The fourth-order valence-electron chi connectivity index (χ4n) is 5.05. The van der Waals surface area contributed by atoms with Crippen LogP contribution in [0.3, 0.4) is 0 Å². The van der Waals surface area contributed by atoms with Crippen molar-refractivity contribution in [1.82, 2.24) is 33.9 Å². The number of halogens is 3. The van der Waals surface area contributed by atoms with Crippen molar-refractivity contribution in [2.45, 2.75) is 13.1 Å². The monoisotopic (exact) mass is 629 g/mol. The highest BCUT2D eigenvalue weighted by molar-refractivity contribution is 5.96. The maximum atomic E-state index is 13.6. The molecule has 45 heavy (non-hydrogen) atoms. The Labute approximate surface area is 257 Å². The van der Waals surface area contributed by atoms with Crippen LogP contribution < -0.4 is 10.4 Å². The number of rotatable bonds is 6. The number of imidazole rings is 1. The van der Waals surface area contributed by atoms with E-state index in [0.29, 0.717) is 59.9 Å². The number of quaternary nitrogens is 1. The zero-order chi connectivity index (χ0) is 33.1. The van der Waals surface area contributed by atoms with Crippen LogP contribution in [0.2, 0.25) is 0 Å². The zero-order valence-electron chi connectivity index (χ0n) is 25.5. The second kappa shape index (κ2) is 12.9. The number of anilines is 2. The van der Waals surface area contributed by atoms with Crippen LogP contribution in [0.25, 0.3) is 16.9 Å². The summed E-state index contributed by atoms with van der Waals surface area (Å²) in [5, 5.41) is 15.0. The summed E-state index contributed by atoms with van der Waals surface area (Å²) in [4.78, 5) is 46.3. The van der Waals surface area contributed by atoms with Gasteiger partial charge in [0, 0.05) is 69.5 Å². The third-order valence-corrected chi connectivity index (χ3v) is 7.05. The Morgan fingerprint density at radius 3 is 2.33 bits per heavy atom. The summed E-state index contributed by atoms with van der Waals surface area (Å²) in [6.45, 7) is 3.65. The molecule has 0 unspecified atom stereocenters. The van der Waals surface area contributed by atoms with Crippen molar-refractivity contribution in [3.63, 3.8) is 0 Å². The number of carboxylic acid groups (broad SMARTS) is 1. The largest absolute Gasteiger partial charge is 0.554 e. The second-order valence-corrected chi connectivity index (χ2v) is 11.5. The predicted octanol–water partition coefficient (Wildman–Crippen LogP) is 1.56. The number of benzene rings is 1. The molecule has 1 aromatic carbocycles. The van der Waals surface area contributed by atoms with Gasteiger partial charge in [-0.25, -0.2) is 9.97 Å². The number of aryl methyl sites for hydroxylation is 2. The van der Waals surface area contributed by atoms with E-state index in [1.165, 1.54) is 30.0 Å². The van der Waals surface area contributed by atoms with Crippen molar-refractivity contribution in [1.29, 1.82) is 0 Å². The minimum absolute atomic E-state index is 0.0793. The summed E-state index contributed by atoms with van der Waals surface area (Å²) < 4.78 is 44.0. The number of fused-ring (bicyclic) bond motifs is 1. The molecule has 240 valence electrons. The molecule has 0 spiro atoms. The fourth-order valence-corrected chi connectivity index (χ4v) is 5.05. The van der Waals surface area contributed by atoms with Crippen molar-refractivity contribution in [3.05, 3.63) is 59.8 Å². The lowest BCUT2D eigenvalue weighted by Gasteiger charge is -2.36.